The Kier molecular flexibility index (Phi) is 5.24. The van der Waals surface area contributed by atoms with Gasteiger partial charge >= 0.3 is 0 Å². The highest BCUT2D eigenvalue weighted by atomic mass is 127. The highest BCUT2D eigenvalue weighted by Gasteiger charge is 2.20. The molecule has 0 saturated heterocycles. The zero-order valence-electron chi connectivity index (χ0n) is 10.4. The fraction of sp³-hybridized carbons (Fsp3) is 0.462. The number of carbonyl (C=O) groups is 1. The van der Waals surface area contributed by atoms with Crippen LogP contribution in [0.1, 0.15) is 37.0 Å². The molecule has 0 radical (unpaired) electrons. The molecule has 3 nitrogen and oxygen atoms in total. The number of rotatable bonds is 4. The lowest BCUT2D eigenvalue weighted by atomic mass is 10.1. The van der Waals surface area contributed by atoms with Crippen LogP contribution in [0.3, 0.4) is 0 Å². The van der Waals surface area contributed by atoms with E-state index in [0.29, 0.717) is 5.56 Å². The molecular weight excluding hydrogens is 329 g/mol. The number of nitrogens with zero attached hydrogens (tertiary/aromatic N) is 1. The van der Waals surface area contributed by atoms with E-state index in [0.717, 1.165) is 16.4 Å². The Morgan fingerprint density at radius 3 is 2.53 bits per heavy atom. The molecule has 1 aromatic rings. The van der Waals surface area contributed by atoms with E-state index < -0.39 is 0 Å². The zero-order valence-corrected chi connectivity index (χ0v) is 12.6. The monoisotopic (exact) mass is 347 g/mol. The van der Waals surface area contributed by atoms with Gasteiger partial charge in [-0.15, -0.1) is 0 Å². The van der Waals surface area contributed by atoms with Crippen LogP contribution in [0.15, 0.2) is 18.2 Å². The summed E-state index contributed by atoms with van der Waals surface area (Å²) in [7, 11) is 1.79. The molecule has 1 aromatic carbocycles. The number of halogens is 1. The van der Waals surface area contributed by atoms with Crippen LogP contribution in [0, 0.1) is 3.57 Å². The molecule has 0 aliphatic carbocycles. The maximum atomic E-state index is 12.2. The molecule has 0 aliphatic heterocycles. The third-order valence-electron chi connectivity index (χ3n) is 3.00. The number of amides is 1. The normalized spacial score (nSPS) is 10.6. The quantitative estimate of drug-likeness (QED) is 0.850. The first-order valence-corrected chi connectivity index (χ1v) is 6.84. The minimum atomic E-state index is -0.116. The molecule has 1 rings (SSSR count). The summed E-state index contributed by atoms with van der Waals surface area (Å²) in [4.78, 5) is 14.0. The number of hydrogen-bond acceptors (Lipinski definition) is 2. The lowest BCUT2D eigenvalue weighted by Crippen LogP contribution is -2.36. The molecule has 0 heterocycles. The van der Waals surface area contributed by atoms with Crippen molar-refractivity contribution in [1.29, 1.82) is 0 Å². The van der Waals surface area contributed by atoms with Gasteiger partial charge in [0, 0.05) is 16.7 Å². The van der Waals surface area contributed by atoms with Gasteiger partial charge in [-0.2, -0.15) is 0 Å². The Balaban J connectivity index is 2.99. The van der Waals surface area contributed by atoms with Gasteiger partial charge in [0.2, 0.25) is 0 Å². The maximum absolute atomic E-state index is 12.2. The summed E-state index contributed by atoms with van der Waals surface area (Å²) in [5, 5.41) is 9.73. The summed E-state index contributed by atoms with van der Waals surface area (Å²) >= 11 is 2.13. The summed E-state index contributed by atoms with van der Waals surface area (Å²) in [6, 6.07) is 5.29. The van der Waals surface area contributed by atoms with Crippen molar-refractivity contribution in [3.63, 3.8) is 0 Å². The number of phenolic OH excluding ortho intramolecular Hbond substituents is 1. The second-order valence-electron chi connectivity index (χ2n) is 4.05. The molecule has 4 heteroatoms. The van der Waals surface area contributed by atoms with Crippen LogP contribution < -0.4 is 0 Å². The highest BCUT2D eigenvalue weighted by Crippen LogP contribution is 2.22. The van der Waals surface area contributed by atoms with Crippen molar-refractivity contribution >= 4 is 28.5 Å². The summed E-state index contributed by atoms with van der Waals surface area (Å²) < 4.78 is 0.946. The second-order valence-corrected chi connectivity index (χ2v) is 5.29. The summed E-state index contributed by atoms with van der Waals surface area (Å²) in [5.41, 5.74) is 0.381. The Labute approximate surface area is 116 Å². The van der Waals surface area contributed by atoms with Crippen molar-refractivity contribution < 1.29 is 9.90 Å². The van der Waals surface area contributed by atoms with Crippen molar-refractivity contribution in [2.24, 2.45) is 0 Å². The summed E-state index contributed by atoms with van der Waals surface area (Å²) in [6.45, 7) is 4.12. The average Bonchev–Trinajstić information content (AvgIpc) is 2.32. The van der Waals surface area contributed by atoms with Crippen LogP contribution in [-0.4, -0.2) is 29.0 Å². The predicted molar refractivity (Wildman–Crippen MR) is 77.3 cm³/mol. The minimum absolute atomic E-state index is 0.0493. The fourth-order valence-electron chi connectivity index (χ4n) is 1.87. The smallest absolute Gasteiger partial charge is 0.257 e. The first-order valence-electron chi connectivity index (χ1n) is 5.76. The van der Waals surface area contributed by atoms with Gasteiger partial charge in [0.15, 0.2) is 0 Å². The SMILES string of the molecule is CCC(CC)N(C)C(=O)c1cc(I)ccc1O. The van der Waals surface area contributed by atoms with Gasteiger partial charge in [-0.1, -0.05) is 13.8 Å². The third kappa shape index (κ3) is 3.34. The fourth-order valence-corrected chi connectivity index (χ4v) is 2.36. The predicted octanol–water partition coefficient (Wildman–Crippen LogP) is 3.26. The van der Waals surface area contributed by atoms with E-state index in [1.165, 1.54) is 0 Å². The van der Waals surface area contributed by atoms with Crippen LogP contribution in [0.4, 0.5) is 0 Å². The molecule has 0 aromatic heterocycles. The number of benzene rings is 1. The van der Waals surface area contributed by atoms with Crippen molar-refractivity contribution in [1.82, 2.24) is 4.90 Å². The number of phenols is 1. The Morgan fingerprint density at radius 1 is 1.41 bits per heavy atom. The van der Waals surface area contributed by atoms with Crippen LogP contribution >= 0.6 is 22.6 Å². The lowest BCUT2D eigenvalue weighted by Gasteiger charge is -2.26. The average molecular weight is 347 g/mol. The lowest BCUT2D eigenvalue weighted by molar-refractivity contribution is 0.0720. The van der Waals surface area contributed by atoms with E-state index in [9.17, 15) is 9.90 Å². The van der Waals surface area contributed by atoms with Crippen LogP contribution in [0.5, 0.6) is 5.75 Å². The second kappa shape index (κ2) is 6.23. The van der Waals surface area contributed by atoms with Gasteiger partial charge in [0.1, 0.15) is 5.75 Å². The Bertz CT molecular complexity index is 402. The topological polar surface area (TPSA) is 40.5 Å². The molecule has 0 aliphatic rings. The summed E-state index contributed by atoms with van der Waals surface area (Å²) in [6.07, 6.45) is 1.84. The van der Waals surface area contributed by atoms with Crippen molar-refractivity contribution in [3.05, 3.63) is 27.3 Å². The van der Waals surface area contributed by atoms with Crippen LogP contribution in [0.2, 0.25) is 0 Å². The zero-order chi connectivity index (χ0) is 13.0. The van der Waals surface area contributed by atoms with Gasteiger partial charge in [-0.25, -0.2) is 0 Å². The van der Waals surface area contributed by atoms with Crippen molar-refractivity contribution in [3.8, 4) is 5.75 Å². The molecule has 0 bridgehead atoms. The van der Waals surface area contributed by atoms with Gasteiger partial charge in [-0.3, -0.25) is 4.79 Å². The molecule has 94 valence electrons. The number of carbonyl (C=O) groups excluding carboxylic acids is 1. The molecule has 17 heavy (non-hydrogen) atoms. The Hall–Kier alpha value is -0.780. The van der Waals surface area contributed by atoms with E-state index in [4.69, 9.17) is 0 Å². The molecular formula is C13H18INO2. The maximum Gasteiger partial charge on any atom is 0.257 e. The van der Waals surface area contributed by atoms with Crippen LogP contribution in [0.25, 0.3) is 0 Å². The Morgan fingerprint density at radius 2 is 2.00 bits per heavy atom. The minimum Gasteiger partial charge on any atom is -0.507 e. The first-order chi connectivity index (χ1) is 8.01. The highest BCUT2D eigenvalue weighted by molar-refractivity contribution is 14.1. The van der Waals surface area contributed by atoms with Crippen LogP contribution in [-0.2, 0) is 0 Å². The van der Waals surface area contributed by atoms with E-state index in [1.807, 2.05) is 0 Å². The number of hydrogen-bond donors (Lipinski definition) is 1. The molecule has 0 saturated carbocycles. The standard InChI is InChI=1S/C13H18INO2/c1-4-10(5-2)15(3)13(17)11-8-9(14)6-7-12(11)16/h6-8,10,16H,4-5H2,1-3H3. The van der Waals surface area contributed by atoms with Gasteiger partial charge in [0.25, 0.3) is 5.91 Å². The van der Waals surface area contributed by atoms with Crippen molar-refractivity contribution in [2.75, 3.05) is 7.05 Å². The molecule has 1 N–H and O–H groups in total. The molecule has 0 spiro atoms. The molecule has 0 unspecified atom stereocenters. The number of aromatic hydroxyl groups is 1. The molecule has 1 amide bonds. The molecule has 0 fully saturated rings. The third-order valence-corrected chi connectivity index (χ3v) is 3.67. The van der Waals surface area contributed by atoms with Gasteiger partial charge in [-0.05, 0) is 53.6 Å². The summed E-state index contributed by atoms with van der Waals surface area (Å²) in [5.74, 6) is -0.0667. The van der Waals surface area contributed by atoms with Gasteiger partial charge < -0.3 is 10.0 Å². The van der Waals surface area contributed by atoms with E-state index >= 15 is 0 Å². The first kappa shape index (κ1) is 14.3. The van der Waals surface area contributed by atoms with Gasteiger partial charge in [0.05, 0.1) is 5.56 Å². The largest absolute Gasteiger partial charge is 0.507 e. The molecule has 0 atom stereocenters. The van der Waals surface area contributed by atoms with E-state index in [-0.39, 0.29) is 17.7 Å². The van der Waals surface area contributed by atoms with E-state index in [1.54, 1.807) is 30.1 Å². The van der Waals surface area contributed by atoms with E-state index in [2.05, 4.69) is 36.4 Å². The van der Waals surface area contributed by atoms with Crippen molar-refractivity contribution in [2.45, 2.75) is 32.7 Å².